The fraction of sp³-hybridized carbons (Fsp3) is 0.667. The van der Waals surface area contributed by atoms with E-state index in [1.807, 2.05) is 11.3 Å². The van der Waals surface area contributed by atoms with Crippen molar-refractivity contribution in [3.63, 3.8) is 0 Å². The van der Waals surface area contributed by atoms with Gasteiger partial charge in [-0.05, 0) is 47.3 Å². The number of rotatable bonds is 3. The smallest absolute Gasteiger partial charge is 0.0331 e. The second-order valence-corrected chi connectivity index (χ2v) is 6.54. The average Bonchev–Trinajstić information content (AvgIpc) is 2.64. The molecule has 2 heterocycles. The van der Waals surface area contributed by atoms with Gasteiger partial charge in [0, 0.05) is 33.9 Å². The number of thiophene rings is 1. The Kier molecular flexibility index (Phi) is 4.41. The maximum absolute atomic E-state index is 5.90. The first kappa shape index (κ1) is 12.6. The monoisotopic (exact) mass is 302 g/mol. The highest BCUT2D eigenvalue weighted by Gasteiger charge is 2.27. The Morgan fingerprint density at radius 1 is 1.62 bits per heavy atom. The standard InChI is InChI=1S/C12H19BrN2S/c1-9-3-2-4-15(12(9)6-14)7-11-5-10(13)8-16-11/h5,8-9,12H,2-4,6-7,14H2,1H3. The van der Waals surface area contributed by atoms with Crippen LogP contribution < -0.4 is 5.73 Å². The van der Waals surface area contributed by atoms with Gasteiger partial charge in [-0.2, -0.15) is 0 Å². The fourth-order valence-electron chi connectivity index (χ4n) is 2.55. The van der Waals surface area contributed by atoms with Crippen molar-refractivity contribution in [1.82, 2.24) is 4.90 Å². The molecule has 1 aromatic heterocycles. The average molecular weight is 303 g/mol. The number of likely N-dealkylation sites (tertiary alicyclic amines) is 1. The minimum absolute atomic E-state index is 0.564. The Hall–Kier alpha value is 0.1000. The molecule has 2 unspecified atom stereocenters. The van der Waals surface area contributed by atoms with Crippen LogP contribution in [0.5, 0.6) is 0 Å². The van der Waals surface area contributed by atoms with Crippen LogP contribution in [0.25, 0.3) is 0 Å². The molecular weight excluding hydrogens is 284 g/mol. The zero-order chi connectivity index (χ0) is 11.5. The van der Waals surface area contributed by atoms with Gasteiger partial charge in [0.25, 0.3) is 0 Å². The van der Waals surface area contributed by atoms with Crippen LogP contribution in [0.1, 0.15) is 24.6 Å². The zero-order valence-electron chi connectivity index (χ0n) is 9.66. The van der Waals surface area contributed by atoms with E-state index in [0.717, 1.165) is 19.0 Å². The van der Waals surface area contributed by atoms with Crippen LogP contribution in [0.3, 0.4) is 0 Å². The summed E-state index contributed by atoms with van der Waals surface area (Å²) in [5, 5.41) is 2.15. The maximum Gasteiger partial charge on any atom is 0.0331 e. The van der Waals surface area contributed by atoms with Gasteiger partial charge in [0.05, 0.1) is 0 Å². The minimum Gasteiger partial charge on any atom is -0.329 e. The van der Waals surface area contributed by atoms with Crippen LogP contribution >= 0.6 is 27.3 Å². The van der Waals surface area contributed by atoms with Gasteiger partial charge in [-0.15, -0.1) is 11.3 Å². The summed E-state index contributed by atoms with van der Waals surface area (Å²) in [6.07, 6.45) is 2.64. The van der Waals surface area contributed by atoms with E-state index < -0.39 is 0 Å². The van der Waals surface area contributed by atoms with E-state index >= 15 is 0 Å². The third-order valence-electron chi connectivity index (χ3n) is 3.45. The van der Waals surface area contributed by atoms with Gasteiger partial charge < -0.3 is 5.73 Å². The molecule has 2 N–H and O–H groups in total. The molecule has 1 aliphatic rings. The van der Waals surface area contributed by atoms with Gasteiger partial charge in [-0.1, -0.05) is 6.92 Å². The van der Waals surface area contributed by atoms with Crippen molar-refractivity contribution in [3.05, 3.63) is 20.8 Å². The summed E-state index contributed by atoms with van der Waals surface area (Å²) in [6.45, 7) is 5.37. The first-order valence-electron chi connectivity index (χ1n) is 5.87. The van der Waals surface area contributed by atoms with Crippen molar-refractivity contribution < 1.29 is 0 Å². The molecule has 16 heavy (non-hydrogen) atoms. The van der Waals surface area contributed by atoms with Crippen molar-refractivity contribution in [2.24, 2.45) is 11.7 Å². The highest BCUT2D eigenvalue weighted by molar-refractivity contribution is 9.10. The molecule has 0 amide bonds. The van der Waals surface area contributed by atoms with Crippen molar-refractivity contribution in [2.75, 3.05) is 13.1 Å². The molecule has 2 atom stereocenters. The first-order chi connectivity index (χ1) is 7.70. The summed E-state index contributed by atoms with van der Waals surface area (Å²) in [6, 6.07) is 2.78. The number of nitrogens with two attached hydrogens (primary N) is 1. The van der Waals surface area contributed by atoms with Crippen molar-refractivity contribution in [3.8, 4) is 0 Å². The molecule has 0 saturated carbocycles. The quantitative estimate of drug-likeness (QED) is 0.930. The predicted molar refractivity (Wildman–Crippen MR) is 73.7 cm³/mol. The first-order valence-corrected chi connectivity index (χ1v) is 7.55. The number of hydrogen-bond donors (Lipinski definition) is 1. The molecular formula is C12H19BrN2S. The molecule has 2 nitrogen and oxygen atoms in total. The second-order valence-electron chi connectivity index (χ2n) is 4.62. The summed E-state index contributed by atoms with van der Waals surface area (Å²) in [5.74, 6) is 0.738. The van der Waals surface area contributed by atoms with Gasteiger partial charge >= 0.3 is 0 Å². The zero-order valence-corrected chi connectivity index (χ0v) is 12.1. The lowest BCUT2D eigenvalue weighted by Gasteiger charge is -2.39. The molecule has 1 fully saturated rings. The molecule has 0 aromatic carbocycles. The van der Waals surface area contributed by atoms with E-state index in [2.05, 4.69) is 39.2 Å². The number of nitrogens with zero attached hydrogens (tertiary/aromatic N) is 1. The Bertz CT molecular complexity index is 340. The summed E-state index contributed by atoms with van der Waals surface area (Å²) < 4.78 is 1.20. The van der Waals surface area contributed by atoms with E-state index in [1.54, 1.807) is 0 Å². The SMILES string of the molecule is CC1CCCN(Cc2cc(Br)cs2)C1CN. The topological polar surface area (TPSA) is 29.3 Å². The van der Waals surface area contributed by atoms with Crippen LogP contribution in [0.2, 0.25) is 0 Å². The molecule has 0 spiro atoms. The van der Waals surface area contributed by atoms with E-state index in [0.29, 0.717) is 6.04 Å². The van der Waals surface area contributed by atoms with E-state index in [-0.39, 0.29) is 0 Å². The lowest BCUT2D eigenvalue weighted by atomic mass is 9.91. The molecule has 0 bridgehead atoms. The normalized spacial score (nSPS) is 27.2. The minimum atomic E-state index is 0.564. The molecule has 2 rings (SSSR count). The van der Waals surface area contributed by atoms with Crippen molar-refractivity contribution >= 4 is 27.3 Å². The van der Waals surface area contributed by atoms with Gasteiger partial charge in [-0.3, -0.25) is 4.90 Å². The molecule has 1 aliphatic heterocycles. The molecule has 0 radical (unpaired) electrons. The lowest BCUT2D eigenvalue weighted by molar-refractivity contribution is 0.100. The van der Waals surface area contributed by atoms with Gasteiger partial charge in [0.15, 0.2) is 0 Å². The predicted octanol–water partition coefficient (Wildman–Crippen LogP) is 3.07. The maximum atomic E-state index is 5.90. The lowest BCUT2D eigenvalue weighted by Crippen LogP contribution is -2.47. The Morgan fingerprint density at radius 2 is 2.44 bits per heavy atom. The number of piperidine rings is 1. The van der Waals surface area contributed by atoms with Crippen LogP contribution in [-0.4, -0.2) is 24.0 Å². The Morgan fingerprint density at radius 3 is 3.06 bits per heavy atom. The van der Waals surface area contributed by atoms with E-state index in [1.165, 1.54) is 28.7 Å². The van der Waals surface area contributed by atoms with Crippen LogP contribution in [-0.2, 0) is 6.54 Å². The summed E-state index contributed by atoms with van der Waals surface area (Å²) >= 11 is 5.34. The number of hydrogen-bond acceptors (Lipinski definition) is 3. The highest BCUT2D eigenvalue weighted by Crippen LogP contribution is 2.27. The van der Waals surface area contributed by atoms with E-state index in [4.69, 9.17) is 5.73 Å². The summed E-state index contributed by atoms with van der Waals surface area (Å²) in [7, 11) is 0. The summed E-state index contributed by atoms with van der Waals surface area (Å²) in [5.41, 5.74) is 5.90. The molecule has 1 aromatic rings. The van der Waals surface area contributed by atoms with Gasteiger partial charge in [0.2, 0.25) is 0 Å². The van der Waals surface area contributed by atoms with E-state index in [9.17, 15) is 0 Å². The fourth-order valence-corrected chi connectivity index (χ4v) is 4.02. The van der Waals surface area contributed by atoms with Crippen LogP contribution in [0, 0.1) is 5.92 Å². The Balaban J connectivity index is 2.02. The van der Waals surface area contributed by atoms with Crippen LogP contribution in [0.4, 0.5) is 0 Å². The largest absolute Gasteiger partial charge is 0.329 e. The second kappa shape index (κ2) is 5.63. The molecule has 0 aliphatic carbocycles. The molecule has 1 saturated heterocycles. The molecule has 90 valence electrons. The van der Waals surface area contributed by atoms with Crippen LogP contribution in [0.15, 0.2) is 15.9 Å². The van der Waals surface area contributed by atoms with Crippen molar-refractivity contribution in [2.45, 2.75) is 32.4 Å². The van der Waals surface area contributed by atoms with Gasteiger partial charge in [0.1, 0.15) is 0 Å². The molecule has 4 heteroatoms. The number of halogens is 1. The van der Waals surface area contributed by atoms with Crippen molar-refractivity contribution in [1.29, 1.82) is 0 Å². The summed E-state index contributed by atoms with van der Waals surface area (Å²) in [4.78, 5) is 3.98. The third-order valence-corrected chi connectivity index (χ3v) is 5.14. The van der Waals surface area contributed by atoms with Gasteiger partial charge in [-0.25, -0.2) is 0 Å². The third kappa shape index (κ3) is 2.86. The Labute approximate surface area is 110 Å². The highest BCUT2D eigenvalue weighted by atomic mass is 79.9.